The molecule has 0 saturated heterocycles. The summed E-state index contributed by atoms with van der Waals surface area (Å²) in [7, 11) is 0. The van der Waals surface area contributed by atoms with Gasteiger partial charge in [0.2, 0.25) is 5.91 Å². The van der Waals surface area contributed by atoms with E-state index < -0.39 is 0 Å². The molecule has 0 saturated carbocycles. The van der Waals surface area contributed by atoms with Gasteiger partial charge >= 0.3 is 0 Å². The van der Waals surface area contributed by atoms with E-state index in [1.807, 2.05) is 31.2 Å². The molecule has 2 aromatic carbocycles. The Balaban J connectivity index is 1.60. The standard InChI is InChI=1S/C23H23N3O3/c1-16-8-10-18(11-9-16)21-12-13-23(29)26(25-21)14-4-7-22(28)24-20-6-3-5-19(15-20)17(2)27/h3,5-6,8-13,15H,4,7,14H2,1-2H3,(H,24,28). The Bertz CT molecular complexity index is 1090. The van der Waals surface area contributed by atoms with Crippen LogP contribution in [0.15, 0.2) is 65.5 Å². The van der Waals surface area contributed by atoms with Crippen LogP contribution >= 0.6 is 0 Å². The average Bonchev–Trinajstić information content (AvgIpc) is 2.70. The third-order valence-corrected chi connectivity index (χ3v) is 4.54. The maximum atomic E-state index is 12.2. The summed E-state index contributed by atoms with van der Waals surface area (Å²) in [6, 6.07) is 18.0. The van der Waals surface area contributed by atoms with E-state index in [-0.39, 0.29) is 23.7 Å². The van der Waals surface area contributed by atoms with Crippen molar-refractivity contribution in [3.8, 4) is 11.3 Å². The molecule has 6 heteroatoms. The zero-order valence-corrected chi connectivity index (χ0v) is 16.5. The largest absolute Gasteiger partial charge is 0.326 e. The Hall–Kier alpha value is -3.54. The fraction of sp³-hybridized carbons (Fsp3) is 0.217. The zero-order valence-electron chi connectivity index (χ0n) is 16.5. The van der Waals surface area contributed by atoms with Gasteiger partial charge in [-0.3, -0.25) is 14.4 Å². The molecule has 6 nitrogen and oxygen atoms in total. The van der Waals surface area contributed by atoms with Gasteiger partial charge < -0.3 is 5.32 Å². The first-order valence-electron chi connectivity index (χ1n) is 9.48. The lowest BCUT2D eigenvalue weighted by Crippen LogP contribution is -2.23. The molecule has 1 N–H and O–H groups in total. The lowest BCUT2D eigenvalue weighted by Gasteiger charge is -2.09. The Kier molecular flexibility index (Phi) is 6.34. The van der Waals surface area contributed by atoms with Crippen molar-refractivity contribution in [1.82, 2.24) is 9.78 Å². The van der Waals surface area contributed by atoms with Crippen LogP contribution in [0.25, 0.3) is 11.3 Å². The van der Waals surface area contributed by atoms with Gasteiger partial charge in [-0.25, -0.2) is 4.68 Å². The molecule has 0 atom stereocenters. The van der Waals surface area contributed by atoms with E-state index in [2.05, 4.69) is 10.4 Å². The molecule has 3 aromatic rings. The highest BCUT2D eigenvalue weighted by atomic mass is 16.2. The smallest absolute Gasteiger partial charge is 0.266 e. The highest BCUT2D eigenvalue weighted by Crippen LogP contribution is 2.16. The van der Waals surface area contributed by atoms with Gasteiger partial charge in [0.1, 0.15) is 0 Å². The average molecular weight is 389 g/mol. The van der Waals surface area contributed by atoms with Gasteiger partial charge in [-0.2, -0.15) is 5.10 Å². The summed E-state index contributed by atoms with van der Waals surface area (Å²) in [5.74, 6) is -0.228. The van der Waals surface area contributed by atoms with Gasteiger partial charge in [0, 0.05) is 35.8 Å². The van der Waals surface area contributed by atoms with Crippen LogP contribution in [0.3, 0.4) is 0 Å². The van der Waals surface area contributed by atoms with Crippen molar-refractivity contribution in [2.75, 3.05) is 5.32 Å². The topological polar surface area (TPSA) is 81.1 Å². The van der Waals surface area contributed by atoms with Crippen molar-refractivity contribution >= 4 is 17.4 Å². The van der Waals surface area contributed by atoms with E-state index in [0.29, 0.717) is 24.2 Å². The van der Waals surface area contributed by atoms with Crippen molar-refractivity contribution in [2.24, 2.45) is 0 Å². The lowest BCUT2D eigenvalue weighted by atomic mass is 10.1. The quantitative estimate of drug-likeness (QED) is 0.623. The number of benzene rings is 2. The zero-order chi connectivity index (χ0) is 20.8. The first-order valence-corrected chi connectivity index (χ1v) is 9.48. The molecule has 0 bridgehead atoms. The van der Waals surface area contributed by atoms with E-state index >= 15 is 0 Å². The number of aryl methyl sites for hydroxylation is 2. The number of aromatic nitrogens is 2. The molecule has 1 amide bonds. The second-order valence-electron chi connectivity index (χ2n) is 6.93. The molecule has 29 heavy (non-hydrogen) atoms. The molecule has 0 aliphatic carbocycles. The summed E-state index contributed by atoms with van der Waals surface area (Å²) in [6.07, 6.45) is 0.718. The van der Waals surface area contributed by atoms with E-state index in [9.17, 15) is 14.4 Å². The summed E-state index contributed by atoms with van der Waals surface area (Å²) in [6.45, 7) is 3.84. The first kappa shape index (κ1) is 20.2. The second kappa shape index (κ2) is 9.10. The molecule has 1 aromatic heterocycles. The fourth-order valence-electron chi connectivity index (χ4n) is 2.92. The third-order valence-electron chi connectivity index (χ3n) is 4.54. The van der Waals surface area contributed by atoms with Crippen LogP contribution in [0.5, 0.6) is 0 Å². The van der Waals surface area contributed by atoms with Crippen LogP contribution in [-0.2, 0) is 11.3 Å². The highest BCUT2D eigenvalue weighted by molar-refractivity contribution is 5.97. The van der Waals surface area contributed by atoms with Gasteiger partial charge in [0.05, 0.1) is 5.69 Å². The van der Waals surface area contributed by atoms with Crippen LogP contribution in [-0.4, -0.2) is 21.5 Å². The number of ketones is 1. The molecule has 0 unspecified atom stereocenters. The van der Waals surface area contributed by atoms with Gasteiger partial charge in [-0.1, -0.05) is 42.0 Å². The maximum absolute atomic E-state index is 12.2. The summed E-state index contributed by atoms with van der Waals surface area (Å²) >= 11 is 0. The number of nitrogens with one attached hydrogen (secondary N) is 1. The Morgan fingerprint density at radius 2 is 1.79 bits per heavy atom. The summed E-state index contributed by atoms with van der Waals surface area (Å²) in [5, 5.41) is 7.20. The minimum Gasteiger partial charge on any atom is -0.326 e. The van der Waals surface area contributed by atoms with Gasteiger partial charge in [0.25, 0.3) is 5.56 Å². The number of nitrogens with zero attached hydrogens (tertiary/aromatic N) is 2. The number of hydrogen-bond donors (Lipinski definition) is 1. The van der Waals surface area contributed by atoms with Crippen LogP contribution < -0.4 is 10.9 Å². The van der Waals surface area contributed by atoms with Gasteiger partial charge in [0.15, 0.2) is 5.78 Å². The number of hydrogen-bond acceptors (Lipinski definition) is 4. The van der Waals surface area contributed by atoms with Crippen molar-refractivity contribution in [3.05, 3.63) is 82.1 Å². The molecule has 0 spiro atoms. The summed E-state index contributed by atoms with van der Waals surface area (Å²) in [5.41, 5.74) is 3.74. The third kappa shape index (κ3) is 5.48. The Labute approximate surface area is 169 Å². The van der Waals surface area contributed by atoms with Crippen molar-refractivity contribution in [1.29, 1.82) is 0 Å². The molecule has 1 heterocycles. The normalized spacial score (nSPS) is 10.6. The molecule has 148 valence electrons. The van der Waals surface area contributed by atoms with Crippen molar-refractivity contribution < 1.29 is 9.59 Å². The molecule has 0 aliphatic rings. The fourth-order valence-corrected chi connectivity index (χ4v) is 2.92. The monoisotopic (exact) mass is 389 g/mol. The minimum absolute atomic E-state index is 0.0555. The second-order valence-corrected chi connectivity index (χ2v) is 6.93. The molecular weight excluding hydrogens is 366 g/mol. The van der Waals surface area contributed by atoms with Crippen LogP contribution in [0.4, 0.5) is 5.69 Å². The van der Waals surface area contributed by atoms with Crippen LogP contribution in [0, 0.1) is 6.92 Å². The number of Topliss-reactive ketones (excluding diaryl/α,β-unsaturated/α-hetero) is 1. The molecular formula is C23H23N3O3. The van der Waals surface area contributed by atoms with E-state index in [0.717, 1.165) is 16.8 Å². The van der Waals surface area contributed by atoms with Crippen molar-refractivity contribution in [3.63, 3.8) is 0 Å². The SMILES string of the molecule is CC(=O)c1cccc(NC(=O)CCCn2nc(-c3ccc(C)cc3)ccc2=O)c1. The first-order chi connectivity index (χ1) is 13.9. The predicted molar refractivity (Wildman–Crippen MR) is 113 cm³/mol. The van der Waals surface area contributed by atoms with Crippen molar-refractivity contribution in [2.45, 2.75) is 33.2 Å². The predicted octanol–water partition coefficient (Wildman–Crippen LogP) is 3.84. The van der Waals surface area contributed by atoms with E-state index in [1.165, 1.54) is 17.7 Å². The molecule has 0 radical (unpaired) electrons. The molecule has 0 fully saturated rings. The summed E-state index contributed by atoms with van der Waals surface area (Å²) < 4.78 is 1.39. The number of rotatable bonds is 7. The number of anilines is 1. The molecule has 0 aliphatic heterocycles. The minimum atomic E-state index is -0.199. The number of carbonyl (C=O) groups excluding carboxylic acids is 2. The lowest BCUT2D eigenvalue weighted by molar-refractivity contribution is -0.116. The van der Waals surface area contributed by atoms with Gasteiger partial charge in [-0.05, 0) is 38.5 Å². The van der Waals surface area contributed by atoms with Crippen LogP contribution in [0.1, 0.15) is 35.7 Å². The van der Waals surface area contributed by atoms with E-state index in [1.54, 1.807) is 30.3 Å². The summed E-state index contributed by atoms with van der Waals surface area (Å²) in [4.78, 5) is 35.7. The van der Waals surface area contributed by atoms with Crippen LogP contribution in [0.2, 0.25) is 0 Å². The molecule has 3 rings (SSSR count). The van der Waals surface area contributed by atoms with Gasteiger partial charge in [-0.15, -0.1) is 0 Å². The number of carbonyl (C=O) groups is 2. The Morgan fingerprint density at radius 1 is 1.03 bits per heavy atom. The highest BCUT2D eigenvalue weighted by Gasteiger charge is 2.07. The number of amides is 1. The van der Waals surface area contributed by atoms with E-state index in [4.69, 9.17) is 0 Å². The Morgan fingerprint density at radius 3 is 2.52 bits per heavy atom. The maximum Gasteiger partial charge on any atom is 0.266 e.